The number of nitrogens with zero attached hydrogens (tertiary/aromatic N) is 1. The zero-order valence-corrected chi connectivity index (χ0v) is 12.6. The van der Waals surface area contributed by atoms with Crippen LogP contribution in [0.25, 0.3) is 0 Å². The highest BCUT2D eigenvalue weighted by Gasteiger charge is 2.16. The van der Waals surface area contributed by atoms with Crippen molar-refractivity contribution in [2.24, 2.45) is 5.92 Å². The van der Waals surface area contributed by atoms with Crippen LogP contribution in [0.3, 0.4) is 0 Å². The highest BCUT2D eigenvalue weighted by atomic mass is 16.5. The van der Waals surface area contributed by atoms with Crippen LogP contribution in [0, 0.1) is 5.92 Å². The minimum absolute atomic E-state index is 0.0715. The number of likely N-dealkylation sites (N-methyl/N-ethyl adjacent to an activating group) is 1. The average Bonchev–Trinajstić information content (AvgIpc) is 2.70. The van der Waals surface area contributed by atoms with Gasteiger partial charge in [-0.15, -0.1) is 0 Å². The van der Waals surface area contributed by atoms with Gasteiger partial charge in [-0.1, -0.05) is 30.3 Å². The Morgan fingerprint density at radius 2 is 2.24 bits per heavy atom. The SMILES string of the molecule is CN1CCOC[C@H](CNC(=O)COCc2ccccc2)C1. The first-order valence-corrected chi connectivity index (χ1v) is 7.38. The molecule has 0 saturated carbocycles. The molecule has 5 nitrogen and oxygen atoms in total. The summed E-state index contributed by atoms with van der Waals surface area (Å²) in [5.74, 6) is 0.272. The summed E-state index contributed by atoms with van der Waals surface area (Å²) < 4.78 is 10.9. The predicted molar refractivity (Wildman–Crippen MR) is 80.9 cm³/mol. The highest BCUT2D eigenvalue weighted by molar-refractivity contribution is 5.77. The van der Waals surface area contributed by atoms with Gasteiger partial charge in [0.1, 0.15) is 6.61 Å². The van der Waals surface area contributed by atoms with Crippen LogP contribution in [0.2, 0.25) is 0 Å². The van der Waals surface area contributed by atoms with Gasteiger partial charge in [-0.25, -0.2) is 0 Å². The molecule has 1 atom stereocenters. The molecule has 2 rings (SSSR count). The van der Waals surface area contributed by atoms with E-state index < -0.39 is 0 Å². The summed E-state index contributed by atoms with van der Waals surface area (Å²) >= 11 is 0. The molecule has 1 fully saturated rings. The number of carbonyl (C=O) groups excluding carboxylic acids is 1. The molecule has 0 unspecified atom stereocenters. The van der Waals surface area contributed by atoms with Crippen LogP contribution in [0.5, 0.6) is 0 Å². The van der Waals surface area contributed by atoms with Crippen molar-refractivity contribution >= 4 is 5.91 Å². The van der Waals surface area contributed by atoms with Crippen LogP contribution in [0.4, 0.5) is 0 Å². The van der Waals surface area contributed by atoms with Gasteiger partial charge in [0.2, 0.25) is 5.91 Å². The number of hydrogen-bond donors (Lipinski definition) is 1. The lowest BCUT2D eigenvalue weighted by Gasteiger charge is -2.19. The Morgan fingerprint density at radius 1 is 1.43 bits per heavy atom. The van der Waals surface area contributed by atoms with E-state index in [0.717, 1.165) is 25.3 Å². The van der Waals surface area contributed by atoms with E-state index in [1.807, 2.05) is 30.3 Å². The molecule has 116 valence electrons. The standard InChI is InChI=1S/C16H24N2O3/c1-18-7-8-20-12-15(10-18)9-17-16(19)13-21-11-14-5-3-2-4-6-14/h2-6,15H,7-13H2,1H3,(H,17,19)/t15-/m1/s1. The summed E-state index contributed by atoms with van der Waals surface area (Å²) in [6.07, 6.45) is 0. The maximum absolute atomic E-state index is 11.8. The molecule has 1 saturated heterocycles. The molecule has 21 heavy (non-hydrogen) atoms. The second-order valence-electron chi connectivity index (χ2n) is 5.49. The van der Waals surface area contributed by atoms with E-state index in [2.05, 4.69) is 17.3 Å². The van der Waals surface area contributed by atoms with E-state index in [1.54, 1.807) is 0 Å². The monoisotopic (exact) mass is 292 g/mol. The summed E-state index contributed by atoms with van der Waals surface area (Å²) in [5, 5.41) is 2.92. The second-order valence-corrected chi connectivity index (χ2v) is 5.49. The largest absolute Gasteiger partial charge is 0.380 e. The number of carbonyl (C=O) groups is 1. The maximum Gasteiger partial charge on any atom is 0.246 e. The maximum atomic E-state index is 11.8. The number of amides is 1. The molecule has 1 aliphatic heterocycles. The van der Waals surface area contributed by atoms with Gasteiger partial charge in [0.05, 0.1) is 19.8 Å². The quantitative estimate of drug-likeness (QED) is 0.846. The summed E-state index contributed by atoms with van der Waals surface area (Å²) in [4.78, 5) is 14.0. The number of hydrogen-bond acceptors (Lipinski definition) is 4. The van der Waals surface area contributed by atoms with Gasteiger partial charge < -0.3 is 19.7 Å². The van der Waals surface area contributed by atoms with E-state index in [1.165, 1.54) is 0 Å². The molecular weight excluding hydrogens is 268 g/mol. The van der Waals surface area contributed by atoms with Gasteiger partial charge in [-0.3, -0.25) is 4.79 Å². The topological polar surface area (TPSA) is 50.8 Å². The van der Waals surface area contributed by atoms with Gasteiger partial charge in [0, 0.05) is 25.6 Å². The Hall–Kier alpha value is -1.43. The van der Waals surface area contributed by atoms with Crippen molar-refractivity contribution in [1.29, 1.82) is 0 Å². The number of benzene rings is 1. The van der Waals surface area contributed by atoms with Crippen molar-refractivity contribution in [2.45, 2.75) is 6.61 Å². The van der Waals surface area contributed by atoms with Crippen LogP contribution in [-0.2, 0) is 20.9 Å². The highest BCUT2D eigenvalue weighted by Crippen LogP contribution is 2.04. The molecule has 0 bridgehead atoms. The van der Waals surface area contributed by atoms with Crippen LogP contribution in [0.15, 0.2) is 30.3 Å². The lowest BCUT2D eigenvalue weighted by atomic mass is 10.1. The van der Waals surface area contributed by atoms with Crippen molar-refractivity contribution in [3.8, 4) is 0 Å². The minimum Gasteiger partial charge on any atom is -0.380 e. The Kier molecular flexibility index (Phi) is 6.66. The smallest absolute Gasteiger partial charge is 0.246 e. The number of nitrogens with one attached hydrogen (secondary N) is 1. The summed E-state index contributed by atoms with van der Waals surface area (Å²) in [7, 11) is 2.08. The molecule has 1 aliphatic rings. The Balaban J connectivity index is 1.61. The fourth-order valence-electron chi connectivity index (χ4n) is 2.32. The Bertz CT molecular complexity index is 425. The van der Waals surface area contributed by atoms with E-state index in [-0.39, 0.29) is 12.5 Å². The van der Waals surface area contributed by atoms with Crippen molar-refractivity contribution < 1.29 is 14.3 Å². The van der Waals surface area contributed by atoms with Crippen LogP contribution < -0.4 is 5.32 Å². The van der Waals surface area contributed by atoms with Gasteiger partial charge in [0.15, 0.2) is 0 Å². The van der Waals surface area contributed by atoms with Crippen molar-refractivity contribution in [2.75, 3.05) is 46.5 Å². The zero-order chi connectivity index (χ0) is 14.9. The molecule has 5 heteroatoms. The van der Waals surface area contributed by atoms with Crippen LogP contribution in [0.1, 0.15) is 5.56 Å². The first-order chi connectivity index (χ1) is 10.2. The van der Waals surface area contributed by atoms with Crippen molar-refractivity contribution in [3.63, 3.8) is 0 Å². The molecule has 1 amide bonds. The van der Waals surface area contributed by atoms with E-state index in [9.17, 15) is 4.79 Å². The van der Waals surface area contributed by atoms with Crippen molar-refractivity contribution in [1.82, 2.24) is 10.2 Å². The number of rotatable bonds is 6. The van der Waals surface area contributed by atoms with Gasteiger partial charge in [-0.05, 0) is 12.6 Å². The molecular formula is C16H24N2O3. The normalized spacial score (nSPS) is 20.0. The molecule has 0 radical (unpaired) electrons. The average molecular weight is 292 g/mol. The molecule has 1 aromatic carbocycles. The number of ether oxygens (including phenoxy) is 2. The molecule has 0 aliphatic carbocycles. The molecule has 0 aromatic heterocycles. The van der Waals surface area contributed by atoms with E-state index >= 15 is 0 Å². The second kappa shape index (κ2) is 8.77. The minimum atomic E-state index is -0.0715. The lowest BCUT2D eigenvalue weighted by molar-refractivity contribution is -0.126. The first kappa shape index (κ1) is 15.9. The van der Waals surface area contributed by atoms with E-state index in [0.29, 0.717) is 25.7 Å². The zero-order valence-electron chi connectivity index (χ0n) is 12.6. The molecule has 1 heterocycles. The third kappa shape index (κ3) is 6.25. The van der Waals surface area contributed by atoms with Crippen LogP contribution >= 0.6 is 0 Å². The first-order valence-electron chi connectivity index (χ1n) is 7.38. The van der Waals surface area contributed by atoms with Crippen LogP contribution in [-0.4, -0.2) is 57.3 Å². The fraction of sp³-hybridized carbons (Fsp3) is 0.562. The third-order valence-electron chi connectivity index (χ3n) is 3.47. The van der Waals surface area contributed by atoms with E-state index in [4.69, 9.17) is 9.47 Å². The predicted octanol–water partition coefficient (Wildman–Crippen LogP) is 0.898. The summed E-state index contributed by atoms with van der Waals surface area (Å²) in [6.45, 7) is 4.56. The Morgan fingerprint density at radius 3 is 3.05 bits per heavy atom. The summed E-state index contributed by atoms with van der Waals surface area (Å²) in [5.41, 5.74) is 1.07. The van der Waals surface area contributed by atoms with Gasteiger partial charge >= 0.3 is 0 Å². The van der Waals surface area contributed by atoms with Gasteiger partial charge in [0.25, 0.3) is 0 Å². The third-order valence-corrected chi connectivity index (χ3v) is 3.47. The summed E-state index contributed by atoms with van der Waals surface area (Å²) in [6, 6.07) is 9.85. The fourth-order valence-corrected chi connectivity index (χ4v) is 2.32. The molecule has 0 spiro atoms. The van der Waals surface area contributed by atoms with Gasteiger partial charge in [-0.2, -0.15) is 0 Å². The van der Waals surface area contributed by atoms with Crippen molar-refractivity contribution in [3.05, 3.63) is 35.9 Å². The molecule has 1 N–H and O–H groups in total. The molecule has 1 aromatic rings. The lowest BCUT2D eigenvalue weighted by Crippen LogP contribution is -2.37. The Labute approximate surface area is 126 Å².